The lowest BCUT2D eigenvalue weighted by molar-refractivity contribution is -0.111. The number of carbonyl (C=O) groups is 1. The Kier molecular flexibility index (Phi) is 6.34. The largest absolute Gasteiger partial charge is 0.497 e. The first kappa shape index (κ1) is 20.2. The van der Waals surface area contributed by atoms with Gasteiger partial charge < -0.3 is 19.4 Å². The minimum absolute atomic E-state index is 0.314. The summed E-state index contributed by atoms with van der Waals surface area (Å²) in [4.78, 5) is 26.7. The molecule has 3 aromatic rings. The highest BCUT2D eigenvalue weighted by atomic mass is 16.5. The maximum Gasteiger partial charge on any atom is 0.343 e. The Balaban J connectivity index is 1.80. The van der Waals surface area contributed by atoms with Crippen molar-refractivity contribution in [2.45, 2.75) is 13.8 Å². The number of nitrogens with one attached hydrogen (secondary N) is 1. The van der Waals surface area contributed by atoms with Crippen molar-refractivity contribution < 1.29 is 13.9 Å². The smallest absolute Gasteiger partial charge is 0.343 e. The maximum absolute atomic E-state index is 12.3. The molecule has 0 saturated heterocycles. The van der Waals surface area contributed by atoms with E-state index in [0.29, 0.717) is 22.6 Å². The number of ether oxygens (including phenoxy) is 1. The van der Waals surface area contributed by atoms with Crippen LogP contribution >= 0.6 is 0 Å². The van der Waals surface area contributed by atoms with E-state index in [0.717, 1.165) is 24.2 Å². The van der Waals surface area contributed by atoms with Crippen LogP contribution in [0.5, 0.6) is 5.75 Å². The highest BCUT2D eigenvalue weighted by Crippen LogP contribution is 2.22. The maximum atomic E-state index is 12.3. The minimum Gasteiger partial charge on any atom is -0.497 e. The number of anilines is 2. The number of fused-ring (bicyclic) bond motifs is 1. The van der Waals surface area contributed by atoms with Gasteiger partial charge in [0, 0.05) is 48.1 Å². The number of methoxy groups -OCH3 is 1. The number of nitrogens with zero attached hydrogens (tertiary/aromatic N) is 1. The van der Waals surface area contributed by atoms with Crippen molar-refractivity contribution in [3.63, 3.8) is 0 Å². The first-order valence-corrected chi connectivity index (χ1v) is 9.50. The number of benzene rings is 2. The van der Waals surface area contributed by atoms with Crippen molar-refractivity contribution >= 4 is 34.3 Å². The van der Waals surface area contributed by atoms with Crippen LogP contribution in [0, 0.1) is 0 Å². The number of hydrogen-bond donors (Lipinski definition) is 1. The van der Waals surface area contributed by atoms with Gasteiger partial charge >= 0.3 is 5.63 Å². The van der Waals surface area contributed by atoms with Gasteiger partial charge in [0.05, 0.1) is 12.7 Å². The SMILES string of the molecule is CCN(CC)c1ccc2cc(/C=C/C(=O)Nc3cccc(OC)c3)c(=O)oc2c1. The molecule has 0 saturated carbocycles. The predicted molar refractivity (Wildman–Crippen MR) is 117 cm³/mol. The van der Waals surface area contributed by atoms with E-state index < -0.39 is 5.63 Å². The zero-order valence-electron chi connectivity index (χ0n) is 16.8. The molecule has 0 aliphatic heterocycles. The Morgan fingerprint density at radius 3 is 2.66 bits per heavy atom. The van der Waals surface area contributed by atoms with Crippen molar-refractivity contribution in [2.24, 2.45) is 0 Å². The van der Waals surface area contributed by atoms with Crippen LogP contribution in [0.1, 0.15) is 19.4 Å². The second-order valence-corrected chi connectivity index (χ2v) is 6.44. The molecule has 0 spiro atoms. The second kappa shape index (κ2) is 9.10. The van der Waals surface area contributed by atoms with Crippen molar-refractivity contribution in [1.29, 1.82) is 0 Å². The third kappa shape index (κ3) is 4.85. The molecule has 1 amide bonds. The number of amides is 1. The Bertz CT molecular complexity index is 1100. The van der Waals surface area contributed by atoms with E-state index in [1.165, 1.54) is 12.2 Å². The molecular weight excluding hydrogens is 368 g/mol. The molecule has 0 radical (unpaired) electrons. The van der Waals surface area contributed by atoms with E-state index in [2.05, 4.69) is 24.1 Å². The lowest BCUT2D eigenvalue weighted by Crippen LogP contribution is -2.21. The molecule has 0 aliphatic rings. The van der Waals surface area contributed by atoms with Gasteiger partial charge in [0.25, 0.3) is 0 Å². The summed E-state index contributed by atoms with van der Waals surface area (Å²) in [7, 11) is 1.56. The van der Waals surface area contributed by atoms with Gasteiger partial charge in [0.1, 0.15) is 11.3 Å². The average molecular weight is 392 g/mol. The van der Waals surface area contributed by atoms with E-state index in [1.54, 1.807) is 37.4 Å². The molecule has 1 heterocycles. The van der Waals surface area contributed by atoms with Crippen LogP contribution in [-0.2, 0) is 4.79 Å². The molecule has 0 atom stereocenters. The molecule has 0 fully saturated rings. The Hall–Kier alpha value is -3.54. The first-order valence-electron chi connectivity index (χ1n) is 9.50. The van der Waals surface area contributed by atoms with Gasteiger partial charge in [-0.15, -0.1) is 0 Å². The lowest BCUT2D eigenvalue weighted by Gasteiger charge is -2.20. The zero-order valence-corrected chi connectivity index (χ0v) is 16.8. The summed E-state index contributed by atoms with van der Waals surface area (Å²) >= 11 is 0. The topological polar surface area (TPSA) is 71.8 Å². The number of rotatable bonds is 7. The van der Waals surface area contributed by atoms with Gasteiger partial charge in [-0.05, 0) is 50.3 Å². The van der Waals surface area contributed by atoms with Crippen LogP contribution in [0.15, 0.2) is 63.8 Å². The van der Waals surface area contributed by atoms with E-state index in [9.17, 15) is 9.59 Å². The quantitative estimate of drug-likeness (QED) is 0.479. The van der Waals surface area contributed by atoms with Gasteiger partial charge in [-0.3, -0.25) is 4.79 Å². The molecule has 2 aromatic carbocycles. The molecule has 3 rings (SSSR count). The van der Waals surface area contributed by atoms with Crippen LogP contribution < -0.4 is 20.6 Å². The van der Waals surface area contributed by atoms with Crippen LogP contribution in [-0.4, -0.2) is 26.1 Å². The second-order valence-electron chi connectivity index (χ2n) is 6.44. The monoisotopic (exact) mass is 392 g/mol. The van der Waals surface area contributed by atoms with Crippen molar-refractivity contribution in [3.05, 3.63) is 70.6 Å². The molecule has 0 unspecified atom stereocenters. The molecule has 1 N–H and O–H groups in total. The summed E-state index contributed by atoms with van der Waals surface area (Å²) in [6.45, 7) is 5.90. The molecule has 0 bridgehead atoms. The summed E-state index contributed by atoms with van der Waals surface area (Å²) in [6.07, 6.45) is 2.76. The highest BCUT2D eigenvalue weighted by Gasteiger charge is 2.08. The van der Waals surface area contributed by atoms with E-state index in [1.807, 2.05) is 18.2 Å². The lowest BCUT2D eigenvalue weighted by atomic mass is 10.1. The molecule has 6 heteroatoms. The van der Waals surface area contributed by atoms with Crippen molar-refractivity contribution in [1.82, 2.24) is 0 Å². The zero-order chi connectivity index (χ0) is 20.8. The van der Waals surface area contributed by atoms with E-state index >= 15 is 0 Å². The number of hydrogen-bond acceptors (Lipinski definition) is 5. The summed E-state index contributed by atoms with van der Waals surface area (Å²) in [6, 6.07) is 14.5. The predicted octanol–water partition coefficient (Wildman–Crippen LogP) is 4.30. The Labute approximate surface area is 169 Å². The van der Waals surface area contributed by atoms with Crippen molar-refractivity contribution in [2.75, 3.05) is 30.4 Å². The van der Waals surface area contributed by atoms with Gasteiger partial charge in [-0.25, -0.2) is 4.79 Å². The van der Waals surface area contributed by atoms with E-state index in [4.69, 9.17) is 9.15 Å². The van der Waals surface area contributed by atoms with Crippen LogP contribution in [0.2, 0.25) is 0 Å². The van der Waals surface area contributed by atoms with Crippen LogP contribution in [0.4, 0.5) is 11.4 Å². The average Bonchev–Trinajstić information content (AvgIpc) is 2.73. The van der Waals surface area contributed by atoms with Crippen LogP contribution in [0.25, 0.3) is 17.0 Å². The van der Waals surface area contributed by atoms with Gasteiger partial charge in [-0.1, -0.05) is 6.07 Å². The summed E-state index contributed by atoms with van der Waals surface area (Å²) < 4.78 is 10.6. The normalized spacial score (nSPS) is 11.0. The number of carbonyl (C=O) groups excluding carboxylic acids is 1. The first-order chi connectivity index (χ1) is 14.0. The van der Waals surface area contributed by atoms with Gasteiger partial charge in [0.15, 0.2) is 0 Å². The fraction of sp³-hybridized carbons (Fsp3) is 0.217. The fourth-order valence-corrected chi connectivity index (χ4v) is 3.07. The third-order valence-corrected chi connectivity index (χ3v) is 4.63. The molecular formula is C23H24N2O4. The summed E-state index contributed by atoms with van der Waals surface area (Å²) in [5.41, 5.74) is 1.96. The standard InChI is InChI=1S/C23H24N2O4/c1-4-25(5-2)19-11-9-16-13-17(23(27)29-21(16)15-19)10-12-22(26)24-18-7-6-8-20(14-18)28-3/h6-15H,4-5H2,1-3H3,(H,24,26)/b12-10+. The fourth-order valence-electron chi connectivity index (χ4n) is 3.07. The Morgan fingerprint density at radius 2 is 1.93 bits per heavy atom. The molecule has 0 aliphatic carbocycles. The molecule has 1 aromatic heterocycles. The van der Waals surface area contributed by atoms with Crippen LogP contribution in [0.3, 0.4) is 0 Å². The summed E-state index contributed by atoms with van der Waals surface area (Å²) in [5, 5.41) is 3.53. The molecule has 29 heavy (non-hydrogen) atoms. The molecule has 150 valence electrons. The van der Waals surface area contributed by atoms with Gasteiger partial charge in [0.2, 0.25) is 5.91 Å². The van der Waals surface area contributed by atoms with Gasteiger partial charge in [-0.2, -0.15) is 0 Å². The summed E-state index contributed by atoms with van der Waals surface area (Å²) in [5.74, 6) is 0.292. The molecule has 6 nitrogen and oxygen atoms in total. The van der Waals surface area contributed by atoms with E-state index in [-0.39, 0.29) is 5.91 Å². The Morgan fingerprint density at radius 1 is 1.14 bits per heavy atom. The highest BCUT2D eigenvalue weighted by molar-refractivity contribution is 6.02. The van der Waals surface area contributed by atoms with Crippen molar-refractivity contribution in [3.8, 4) is 5.75 Å². The third-order valence-electron chi connectivity index (χ3n) is 4.63. The minimum atomic E-state index is -0.486.